The monoisotopic (exact) mass is 179 g/mol. The molecule has 3 rings (SSSR count). The van der Waals surface area contributed by atoms with Crippen LogP contribution in [-0.2, 0) is 0 Å². The normalized spacial score (nSPS) is 60.2. The van der Waals surface area contributed by atoms with Crippen molar-refractivity contribution in [3.05, 3.63) is 0 Å². The van der Waals surface area contributed by atoms with E-state index in [0.29, 0.717) is 0 Å². The maximum absolute atomic E-state index is 2.55. The number of rotatable bonds is 0. The summed E-state index contributed by atoms with van der Waals surface area (Å²) in [6.45, 7) is 7.76. The van der Waals surface area contributed by atoms with Gasteiger partial charge in [-0.2, -0.15) is 0 Å². The second kappa shape index (κ2) is 2.50. The minimum Gasteiger partial charge on any atom is -0.306 e. The summed E-state index contributed by atoms with van der Waals surface area (Å²) in [7, 11) is 2.30. The Kier molecular flexibility index (Phi) is 1.59. The minimum absolute atomic E-state index is 1.01. The predicted octanol–water partition coefficient (Wildman–Crippen LogP) is 2.09. The van der Waals surface area contributed by atoms with Crippen molar-refractivity contribution in [3.8, 4) is 0 Å². The number of fused-ring (bicyclic) bond motifs is 5. The van der Waals surface area contributed by atoms with Crippen molar-refractivity contribution in [1.29, 1.82) is 0 Å². The van der Waals surface area contributed by atoms with Crippen molar-refractivity contribution in [1.82, 2.24) is 4.90 Å². The van der Waals surface area contributed by atoms with Gasteiger partial charge in [0.25, 0.3) is 0 Å². The first kappa shape index (κ1) is 8.28. The molecule has 13 heavy (non-hydrogen) atoms. The third-order valence-electron chi connectivity index (χ3n) is 5.42. The Balaban J connectivity index is 1.88. The van der Waals surface area contributed by atoms with Crippen LogP contribution in [0.3, 0.4) is 0 Å². The molecule has 0 aromatic carbocycles. The van der Waals surface area contributed by atoms with Crippen LogP contribution in [-0.4, -0.2) is 25.0 Å². The molecule has 1 aliphatic heterocycles. The van der Waals surface area contributed by atoms with Crippen molar-refractivity contribution in [3.63, 3.8) is 0 Å². The number of likely N-dealkylation sites (tertiary alicyclic amines) is 1. The molecule has 1 saturated heterocycles. The van der Waals surface area contributed by atoms with Crippen LogP contribution in [0, 0.1) is 35.5 Å². The van der Waals surface area contributed by atoms with Crippen molar-refractivity contribution < 1.29 is 0 Å². The zero-order chi connectivity index (χ0) is 9.16. The molecule has 0 spiro atoms. The first-order valence-electron chi connectivity index (χ1n) is 5.87. The molecule has 3 fully saturated rings. The highest BCUT2D eigenvalue weighted by Crippen LogP contribution is 2.59. The Morgan fingerprint density at radius 2 is 1.31 bits per heavy atom. The molecule has 3 aliphatic rings. The number of hydrogen-bond donors (Lipinski definition) is 0. The molecule has 74 valence electrons. The van der Waals surface area contributed by atoms with Gasteiger partial charge in [-0.25, -0.2) is 0 Å². The lowest BCUT2D eigenvalue weighted by Crippen LogP contribution is -2.31. The quantitative estimate of drug-likeness (QED) is 0.550. The van der Waals surface area contributed by atoms with Gasteiger partial charge in [0.2, 0.25) is 0 Å². The van der Waals surface area contributed by atoms with E-state index < -0.39 is 0 Å². The van der Waals surface area contributed by atoms with Crippen LogP contribution in [0.5, 0.6) is 0 Å². The topological polar surface area (TPSA) is 3.24 Å². The Morgan fingerprint density at radius 3 is 1.77 bits per heavy atom. The van der Waals surface area contributed by atoms with Crippen LogP contribution < -0.4 is 0 Å². The van der Waals surface area contributed by atoms with E-state index in [1.54, 1.807) is 6.42 Å². The average Bonchev–Trinajstić information content (AvgIpc) is 2.64. The van der Waals surface area contributed by atoms with Crippen LogP contribution in [0.4, 0.5) is 0 Å². The van der Waals surface area contributed by atoms with E-state index >= 15 is 0 Å². The van der Waals surface area contributed by atoms with E-state index in [4.69, 9.17) is 0 Å². The summed E-state index contributed by atoms with van der Waals surface area (Å²) in [5.41, 5.74) is 0. The maximum Gasteiger partial charge on any atom is 0.00127 e. The molecule has 2 saturated carbocycles. The van der Waals surface area contributed by atoms with E-state index in [9.17, 15) is 0 Å². The highest BCUT2D eigenvalue weighted by molar-refractivity contribution is 5.06. The summed E-state index contributed by atoms with van der Waals surface area (Å²) in [6.07, 6.45) is 1.56. The van der Waals surface area contributed by atoms with Gasteiger partial charge in [-0.15, -0.1) is 0 Å². The van der Waals surface area contributed by atoms with Crippen LogP contribution in [0.1, 0.15) is 20.3 Å². The van der Waals surface area contributed by atoms with Gasteiger partial charge in [-0.1, -0.05) is 13.8 Å². The first-order valence-corrected chi connectivity index (χ1v) is 5.87. The summed E-state index contributed by atoms with van der Waals surface area (Å²) in [5, 5.41) is 0. The van der Waals surface area contributed by atoms with Gasteiger partial charge in [0.15, 0.2) is 0 Å². The molecule has 0 aromatic heterocycles. The van der Waals surface area contributed by atoms with Crippen LogP contribution in [0.15, 0.2) is 0 Å². The fourth-order valence-electron chi connectivity index (χ4n) is 4.62. The molecule has 1 heterocycles. The molecule has 1 heteroatoms. The van der Waals surface area contributed by atoms with Gasteiger partial charge in [-0.05, 0) is 49.0 Å². The fourth-order valence-corrected chi connectivity index (χ4v) is 4.62. The zero-order valence-electron chi connectivity index (χ0n) is 9.03. The molecule has 1 nitrogen and oxygen atoms in total. The molecule has 0 N–H and O–H groups in total. The van der Waals surface area contributed by atoms with Crippen molar-refractivity contribution in [2.75, 3.05) is 20.1 Å². The first-order chi connectivity index (χ1) is 6.18. The molecule has 6 unspecified atom stereocenters. The van der Waals surface area contributed by atoms with E-state index in [2.05, 4.69) is 25.8 Å². The molecular weight excluding hydrogens is 158 g/mol. The summed E-state index contributed by atoms with van der Waals surface area (Å²) in [4.78, 5) is 2.55. The summed E-state index contributed by atoms with van der Waals surface area (Å²) in [5.74, 6) is 6.32. The highest BCUT2D eigenvalue weighted by atomic mass is 15.1. The van der Waals surface area contributed by atoms with Crippen molar-refractivity contribution >= 4 is 0 Å². The molecule has 6 atom stereocenters. The van der Waals surface area contributed by atoms with Gasteiger partial charge < -0.3 is 4.90 Å². The van der Waals surface area contributed by atoms with E-state index in [1.807, 2.05) is 0 Å². The summed E-state index contributed by atoms with van der Waals surface area (Å²) >= 11 is 0. The molecule has 2 aliphatic carbocycles. The van der Waals surface area contributed by atoms with Gasteiger partial charge >= 0.3 is 0 Å². The minimum atomic E-state index is 1.01. The smallest absolute Gasteiger partial charge is 0.00127 e. The van der Waals surface area contributed by atoms with Crippen molar-refractivity contribution in [2.24, 2.45) is 35.5 Å². The van der Waals surface area contributed by atoms with Gasteiger partial charge in [0.1, 0.15) is 0 Å². The average molecular weight is 179 g/mol. The standard InChI is InChI=1S/C12H21N/c1-7-8(2)10-4-9(7)11-5-13(3)6-12(10)11/h7-12H,4-6H2,1-3H3. The Morgan fingerprint density at radius 1 is 0.846 bits per heavy atom. The molecular formula is C12H21N. The second-order valence-electron chi connectivity index (χ2n) is 5.83. The van der Waals surface area contributed by atoms with Crippen LogP contribution in [0.25, 0.3) is 0 Å². The lowest BCUT2D eigenvalue weighted by Gasteiger charge is -2.33. The van der Waals surface area contributed by atoms with E-state index in [0.717, 1.165) is 35.5 Å². The third kappa shape index (κ3) is 0.918. The van der Waals surface area contributed by atoms with Gasteiger partial charge in [0.05, 0.1) is 0 Å². The highest BCUT2D eigenvalue weighted by Gasteiger charge is 2.56. The summed E-state index contributed by atoms with van der Waals surface area (Å²) < 4.78 is 0. The lowest BCUT2D eigenvalue weighted by molar-refractivity contribution is 0.153. The molecule has 0 amide bonds. The van der Waals surface area contributed by atoms with E-state index in [-0.39, 0.29) is 0 Å². The van der Waals surface area contributed by atoms with E-state index in [1.165, 1.54) is 13.1 Å². The van der Waals surface area contributed by atoms with Crippen LogP contribution in [0.2, 0.25) is 0 Å². The van der Waals surface area contributed by atoms with Gasteiger partial charge in [0, 0.05) is 13.1 Å². The number of nitrogens with zero attached hydrogens (tertiary/aromatic N) is 1. The largest absolute Gasteiger partial charge is 0.306 e. The fraction of sp³-hybridized carbons (Fsp3) is 1.00. The Hall–Kier alpha value is -0.0400. The second-order valence-corrected chi connectivity index (χ2v) is 5.83. The Bertz CT molecular complexity index is 199. The van der Waals surface area contributed by atoms with Gasteiger partial charge in [-0.3, -0.25) is 0 Å². The SMILES string of the molecule is CC1C(C)C2CC1C1CN(C)CC21. The molecule has 0 aromatic rings. The zero-order valence-corrected chi connectivity index (χ0v) is 9.03. The molecule has 2 bridgehead atoms. The van der Waals surface area contributed by atoms with Crippen molar-refractivity contribution in [2.45, 2.75) is 20.3 Å². The lowest BCUT2D eigenvalue weighted by atomic mass is 9.71. The molecule has 0 radical (unpaired) electrons. The summed E-state index contributed by atoms with van der Waals surface area (Å²) in [6, 6.07) is 0. The Labute approximate surface area is 81.5 Å². The maximum atomic E-state index is 2.55. The predicted molar refractivity (Wildman–Crippen MR) is 54.4 cm³/mol. The number of hydrogen-bond acceptors (Lipinski definition) is 1. The third-order valence-corrected chi connectivity index (χ3v) is 5.42. The van der Waals surface area contributed by atoms with Crippen LogP contribution >= 0.6 is 0 Å².